The van der Waals surface area contributed by atoms with Crippen molar-refractivity contribution in [2.75, 3.05) is 11.8 Å². The van der Waals surface area contributed by atoms with E-state index in [0.717, 1.165) is 11.3 Å². The molecule has 0 aliphatic rings. The second-order valence-corrected chi connectivity index (χ2v) is 7.68. The van der Waals surface area contributed by atoms with E-state index >= 15 is 0 Å². The molecule has 2 aromatic heterocycles. The summed E-state index contributed by atoms with van der Waals surface area (Å²) in [5.74, 6) is 1.46. The third kappa shape index (κ3) is 3.41. The fourth-order valence-corrected chi connectivity index (χ4v) is 4.19. The van der Waals surface area contributed by atoms with Gasteiger partial charge in [-0.15, -0.1) is 11.3 Å². The van der Waals surface area contributed by atoms with Gasteiger partial charge >= 0.3 is 0 Å². The van der Waals surface area contributed by atoms with Crippen LogP contribution in [-0.2, 0) is 16.4 Å². The summed E-state index contributed by atoms with van der Waals surface area (Å²) in [5, 5.41) is 5.53. The van der Waals surface area contributed by atoms with Gasteiger partial charge in [0.05, 0.1) is 12.8 Å². The molecule has 0 saturated carbocycles. The Hall–Kier alpha value is -2.39. The monoisotopic (exact) mass is 365 g/mol. The number of aromatic nitrogens is 2. The quantitative estimate of drug-likeness (QED) is 0.721. The summed E-state index contributed by atoms with van der Waals surface area (Å²) in [7, 11) is -2.17. The van der Waals surface area contributed by atoms with E-state index in [9.17, 15) is 8.42 Å². The van der Waals surface area contributed by atoms with Crippen molar-refractivity contribution < 1.29 is 17.7 Å². The van der Waals surface area contributed by atoms with E-state index in [0.29, 0.717) is 35.1 Å². The summed E-state index contributed by atoms with van der Waals surface area (Å²) in [6.45, 7) is 1.90. The van der Waals surface area contributed by atoms with Gasteiger partial charge in [0, 0.05) is 23.4 Å². The van der Waals surface area contributed by atoms with Crippen molar-refractivity contribution in [3.63, 3.8) is 0 Å². The first-order valence-electron chi connectivity index (χ1n) is 7.10. The third-order valence-corrected chi connectivity index (χ3v) is 6.01. The lowest BCUT2D eigenvalue weighted by Crippen LogP contribution is -2.11. The van der Waals surface area contributed by atoms with Crippen LogP contribution in [0.1, 0.15) is 12.8 Å². The zero-order chi connectivity index (χ0) is 17.2. The van der Waals surface area contributed by atoms with Crippen LogP contribution in [-0.4, -0.2) is 25.7 Å². The Kier molecular flexibility index (Phi) is 4.54. The predicted molar refractivity (Wildman–Crippen MR) is 90.8 cm³/mol. The van der Waals surface area contributed by atoms with Crippen LogP contribution in [0.2, 0.25) is 0 Å². The molecular formula is C15H15N3O4S2. The van der Waals surface area contributed by atoms with Gasteiger partial charge in [-0.1, -0.05) is 18.1 Å². The summed E-state index contributed by atoms with van der Waals surface area (Å²) in [6, 6.07) is 8.24. The van der Waals surface area contributed by atoms with Crippen LogP contribution in [0.3, 0.4) is 0 Å². The third-order valence-electron chi connectivity index (χ3n) is 3.19. The van der Waals surface area contributed by atoms with Gasteiger partial charge < -0.3 is 9.26 Å². The van der Waals surface area contributed by atoms with Crippen LogP contribution in [0, 0.1) is 0 Å². The van der Waals surface area contributed by atoms with Crippen molar-refractivity contribution in [2.45, 2.75) is 17.6 Å². The summed E-state index contributed by atoms with van der Waals surface area (Å²) in [4.78, 5) is 4.20. The number of benzene rings is 1. The highest BCUT2D eigenvalue weighted by Crippen LogP contribution is 2.29. The minimum atomic E-state index is -3.70. The molecule has 0 atom stereocenters. The molecule has 0 bridgehead atoms. The maximum absolute atomic E-state index is 12.5. The number of nitrogens with one attached hydrogen (secondary N) is 1. The first kappa shape index (κ1) is 16.5. The van der Waals surface area contributed by atoms with Crippen LogP contribution < -0.4 is 9.46 Å². The van der Waals surface area contributed by atoms with Crippen molar-refractivity contribution in [1.29, 1.82) is 0 Å². The van der Waals surface area contributed by atoms with E-state index in [4.69, 9.17) is 9.26 Å². The van der Waals surface area contributed by atoms with Gasteiger partial charge in [0.25, 0.3) is 10.0 Å². The number of hydrogen-bond donors (Lipinski definition) is 1. The molecule has 1 aromatic carbocycles. The van der Waals surface area contributed by atoms with Crippen LogP contribution in [0.15, 0.2) is 44.4 Å². The Morgan fingerprint density at radius 2 is 2.17 bits per heavy atom. The van der Waals surface area contributed by atoms with Crippen LogP contribution in [0.4, 0.5) is 5.69 Å². The maximum Gasteiger partial charge on any atom is 0.271 e. The zero-order valence-corrected chi connectivity index (χ0v) is 14.6. The molecule has 9 heteroatoms. The Bertz CT molecular complexity index is 947. The largest absolute Gasteiger partial charge is 0.497 e. The number of anilines is 1. The van der Waals surface area contributed by atoms with E-state index < -0.39 is 10.0 Å². The highest BCUT2D eigenvalue weighted by Gasteiger charge is 2.19. The molecule has 0 fully saturated rings. The first-order chi connectivity index (χ1) is 11.5. The number of rotatable bonds is 6. The highest BCUT2D eigenvalue weighted by molar-refractivity contribution is 7.94. The Morgan fingerprint density at radius 1 is 1.33 bits per heavy atom. The Morgan fingerprint density at radius 3 is 2.88 bits per heavy atom. The van der Waals surface area contributed by atoms with E-state index in [1.54, 1.807) is 29.6 Å². The molecule has 0 unspecified atom stereocenters. The lowest BCUT2D eigenvalue weighted by Gasteiger charge is -2.07. The number of ether oxygens (including phenoxy) is 1. The summed E-state index contributed by atoms with van der Waals surface area (Å²) in [6.07, 6.45) is 0.625. The smallest absolute Gasteiger partial charge is 0.271 e. The van der Waals surface area contributed by atoms with Gasteiger partial charge in [-0.25, -0.2) is 8.42 Å². The van der Waals surface area contributed by atoms with Crippen LogP contribution in [0.5, 0.6) is 5.75 Å². The second kappa shape index (κ2) is 6.62. The predicted octanol–water partition coefficient (Wildman–Crippen LogP) is 3.17. The standard InChI is InChI=1S/C15H15N3O4S2/c1-3-13-16-15(17-22-13)10-7-14(23-9-10)24(19,20)18-11-5-4-6-12(8-11)21-2/h4-9,18H,3H2,1-2H3. The van der Waals surface area contributed by atoms with Gasteiger partial charge in [-0.05, 0) is 18.2 Å². The SMILES string of the molecule is CCc1nc(-c2csc(S(=O)(=O)Nc3cccc(OC)c3)c2)no1. The molecule has 7 nitrogen and oxygen atoms in total. The van der Waals surface area contributed by atoms with Gasteiger partial charge in [0.2, 0.25) is 11.7 Å². The van der Waals surface area contributed by atoms with Crippen LogP contribution >= 0.6 is 11.3 Å². The molecule has 0 amide bonds. The molecule has 3 aromatic rings. The van der Waals surface area contributed by atoms with Gasteiger partial charge in [0.15, 0.2) is 0 Å². The van der Waals surface area contributed by atoms with Gasteiger partial charge in [-0.2, -0.15) is 4.98 Å². The summed E-state index contributed by atoms with van der Waals surface area (Å²) >= 11 is 1.09. The van der Waals surface area contributed by atoms with E-state index in [-0.39, 0.29) is 4.21 Å². The van der Waals surface area contributed by atoms with Gasteiger partial charge in [0.1, 0.15) is 9.96 Å². The Labute approximate surface area is 143 Å². The van der Waals surface area contributed by atoms with Crippen molar-refractivity contribution in [3.8, 4) is 17.1 Å². The number of methoxy groups -OCH3 is 1. The fraction of sp³-hybridized carbons (Fsp3) is 0.200. The van der Waals surface area contributed by atoms with Crippen molar-refractivity contribution in [1.82, 2.24) is 10.1 Å². The van der Waals surface area contributed by atoms with E-state index in [1.165, 1.54) is 13.2 Å². The molecule has 0 aliphatic carbocycles. The van der Waals surface area contributed by atoms with E-state index in [2.05, 4.69) is 14.9 Å². The zero-order valence-electron chi connectivity index (χ0n) is 13.0. The van der Waals surface area contributed by atoms with Gasteiger partial charge in [-0.3, -0.25) is 4.72 Å². The highest BCUT2D eigenvalue weighted by atomic mass is 32.2. The fourth-order valence-electron chi connectivity index (χ4n) is 1.98. The lowest BCUT2D eigenvalue weighted by atomic mass is 10.3. The number of aryl methyl sites for hydroxylation is 1. The van der Waals surface area contributed by atoms with Crippen molar-refractivity contribution in [2.24, 2.45) is 0 Å². The number of hydrogen-bond acceptors (Lipinski definition) is 7. The molecular weight excluding hydrogens is 350 g/mol. The lowest BCUT2D eigenvalue weighted by molar-refractivity contribution is 0.383. The molecule has 2 heterocycles. The minimum absolute atomic E-state index is 0.170. The topological polar surface area (TPSA) is 94.3 Å². The Balaban J connectivity index is 1.84. The summed E-state index contributed by atoms with van der Waals surface area (Å²) < 4.78 is 37.8. The summed E-state index contributed by atoms with van der Waals surface area (Å²) in [5.41, 5.74) is 1.03. The molecule has 0 saturated heterocycles. The van der Waals surface area contributed by atoms with Crippen molar-refractivity contribution >= 4 is 27.0 Å². The maximum atomic E-state index is 12.5. The molecule has 0 spiro atoms. The second-order valence-electron chi connectivity index (χ2n) is 4.86. The molecule has 24 heavy (non-hydrogen) atoms. The molecule has 126 valence electrons. The molecule has 0 aliphatic heterocycles. The number of sulfonamides is 1. The molecule has 0 radical (unpaired) electrons. The van der Waals surface area contributed by atoms with Crippen LogP contribution in [0.25, 0.3) is 11.4 Å². The molecule has 3 rings (SSSR count). The average molecular weight is 365 g/mol. The van der Waals surface area contributed by atoms with E-state index in [1.807, 2.05) is 6.92 Å². The first-order valence-corrected chi connectivity index (χ1v) is 9.46. The molecule has 1 N–H and O–H groups in total. The van der Waals surface area contributed by atoms with Crippen molar-refractivity contribution in [3.05, 3.63) is 41.6 Å². The number of thiophene rings is 1. The number of nitrogens with zero attached hydrogens (tertiary/aromatic N) is 2. The minimum Gasteiger partial charge on any atom is -0.497 e. The average Bonchev–Trinajstić information content (AvgIpc) is 3.23. The normalized spacial score (nSPS) is 11.4.